The van der Waals surface area contributed by atoms with Gasteiger partial charge in [-0.15, -0.1) is 21.5 Å². The summed E-state index contributed by atoms with van der Waals surface area (Å²) in [6, 6.07) is 19.5. The number of carbonyl (C=O) groups is 1. The lowest BCUT2D eigenvalue weighted by molar-refractivity contribution is 0.102. The van der Waals surface area contributed by atoms with E-state index >= 15 is 0 Å². The SMILES string of the molecule is O=C(CSc1nnc2c3c4c(sc3nc(-c3ccccc3)n12)CCC4)c1ccccc1. The lowest BCUT2D eigenvalue weighted by Crippen LogP contribution is -2.04. The highest BCUT2D eigenvalue weighted by Crippen LogP contribution is 2.40. The number of benzene rings is 2. The maximum atomic E-state index is 12.7. The number of nitrogens with zero attached hydrogens (tertiary/aromatic N) is 4. The molecule has 0 saturated carbocycles. The number of Topliss-reactive ketones (excluding diaryl/α,β-unsaturated/α-hetero) is 1. The highest BCUT2D eigenvalue weighted by Gasteiger charge is 2.25. The molecule has 0 unspecified atom stereocenters. The minimum Gasteiger partial charge on any atom is -0.293 e. The molecule has 1 aliphatic rings. The number of thioether (sulfide) groups is 1. The summed E-state index contributed by atoms with van der Waals surface area (Å²) in [6.45, 7) is 0. The third kappa shape index (κ3) is 3.16. The molecule has 0 atom stereocenters. The number of thiophene rings is 1. The molecule has 7 heteroatoms. The number of ketones is 1. The molecule has 0 amide bonds. The average molecular weight is 443 g/mol. The zero-order valence-electron chi connectivity index (χ0n) is 16.6. The number of rotatable bonds is 5. The second-order valence-electron chi connectivity index (χ2n) is 7.56. The van der Waals surface area contributed by atoms with Gasteiger partial charge in [-0.1, -0.05) is 72.4 Å². The smallest absolute Gasteiger partial charge is 0.197 e. The zero-order chi connectivity index (χ0) is 20.8. The lowest BCUT2D eigenvalue weighted by Gasteiger charge is -2.08. The van der Waals surface area contributed by atoms with Crippen LogP contribution in [0, 0.1) is 0 Å². The summed E-state index contributed by atoms with van der Waals surface area (Å²) in [5, 5.41) is 10.9. The summed E-state index contributed by atoms with van der Waals surface area (Å²) < 4.78 is 2.03. The first-order valence-corrected chi connectivity index (χ1v) is 12.1. The van der Waals surface area contributed by atoms with Crippen LogP contribution < -0.4 is 0 Å². The monoisotopic (exact) mass is 442 g/mol. The van der Waals surface area contributed by atoms with Crippen LogP contribution in [0.15, 0.2) is 65.8 Å². The first-order chi connectivity index (χ1) is 15.3. The molecule has 1 aliphatic carbocycles. The highest BCUT2D eigenvalue weighted by atomic mass is 32.2. The summed E-state index contributed by atoms with van der Waals surface area (Å²) in [5.74, 6) is 1.20. The molecular weight excluding hydrogens is 424 g/mol. The molecule has 0 aliphatic heterocycles. The van der Waals surface area contributed by atoms with E-state index in [0.717, 1.165) is 40.1 Å². The summed E-state index contributed by atoms with van der Waals surface area (Å²) in [4.78, 5) is 20.2. The Morgan fingerprint density at radius 1 is 1.00 bits per heavy atom. The van der Waals surface area contributed by atoms with Crippen molar-refractivity contribution in [1.82, 2.24) is 19.6 Å². The lowest BCUT2D eigenvalue weighted by atomic mass is 10.1. The van der Waals surface area contributed by atoms with E-state index in [0.29, 0.717) is 16.5 Å². The van der Waals surface area contributed by atoms with Gasteiger partial charge in [0.15, 0.2) is 16.6 Å². The van der Waals surface area contributed by atoms with E-state index in [2.05, 4.69) is 22.3 Å². The zero-order valence-corrected chi connectivity index (χ0v) is 18.2. The summed E-state index contributed by atoms with van der Waals surface area (Å²) in [7, 11) is 0. The fraction of sp³-hybridized carbons (Fsp3) is 0.167. The van der Waals surface area contributed by atoms with Gasteiger partial charge in [0.25, 0.3) is 0 Å². The summed E-state index contributed by atoms with van der Waals surface area (Å²) in [6.07, 6.45) is 3.37. The van der Waals surface area contributed by atoms with Crippen LogP contribution in [-0.4, -0.2) is 31.1 Å². The first-order valence-electron chi connectivity index (χ1n) is 10.3. The van der Waals surface area contributed by atoms with Crippen LogP contribution in [0.2, 0.25) is 0 Å². The second kappa shape index (κ2) is 7.59. The number of aromatic nitrogens is 4. The Bertz CT molecular complexity index is 1420. The van der Waals surface area contributed by atoms with Gasteiger partial charge in [0.05, 0.1) is 11.1 Å². The van der Waals surface area contributed by atoms with E-state index in [1.54, 1.807) is 11.3 Å². The highest BCUT2D eigenvalue weighted by molar-refractivity contribution is 7.99. The topological polar surface area (TPSA) is 60.2 Å². The van der Waals surface area contributed by atoms with Gasteiger partial charge in [-0.2, -0.15) is 0 Å². The summed E-state index contributed by atoms with van der Waals surface area (Å²) in [5.41, 5.74) is 3.95. The van der Waals surface area contributed by atoms with Gasteiger partial charge in [0.1, 0.15) is 10.7 Å². The predicted octanol–water partition coefficient (Wildman–Crippen LogP) is 5.47. The molecule has 5 nitrogen and oxygen atoms in total. The maximum absolute atomic E-state index is 12.7. The predicted molar refractivity (Wildman–Crippen MR) is 125 cm³/mol. The minimum atomic E-state index is 0.0778. The van der Waals surface area contributed by atoms with Crippen molar-refractivity contribution < 1.29 is 4.79 Å². The molecule has 0 saturated heterocycles. The van der Waals surface area contributed by atoms with Gasteiger partial charge >= 0.3 is 0 Å². The molecule has 2 aromatic carbocycles. The Hall–Kier alpha value is -3.03. The van der Waals surface area contributed by atoms with Gasteiger partial charge in [-0.25, -0.2) is 4.98 Å². The number of hydrogen-bond acceptors (Lipinski definition) is 6. The van der Waals surface area contributed by atoms with Gasteiger partial charge in [0.2, 0.25) is 0 Å². The van der Waals surface area contributed by atoms with Gasteiger partial charge in [-0.05, 0) is 24.8 Å². The molecule has 0 bridgehead atoms. The van der Waals surface area contributed by atoms with E-state index in [4.69, 9.17) is 4.98 Å². The quantitative estimate of drug-likeness (QED) is 0.267. The number of aryl methyl sites for hydroxylation is 2. The Labute approximate surface area is 187 Å². The first kappa shape index (κ1) is 18.7. The molecule has 3 heterocycles. The molecule has 0 N–H and O–H groups in total. The molecule has 0 fully saturated rings. The van der Waals surface area contributed by atoms with Crippen molar-refractivity contribution >= 4 is 44.7 Å². The summed E-state index contributed by atoms with van der Waals surface area (Å²) >= 11 is 3.20. The van der Waals surface area contributed by atoms with E-state index in [1.807, 2.05) is 52.9 Å². The number of fused-ring (bicyclic) bond motifs is 5. The Kier molecular flexibility index (Phi) is 4.58. The Balaban J connectivity index is 1.49. The van der Waals surface area contributed by atoms with Crippen molar-refractivity contribution in [1.29, 1.82) is 0 Å². The third-order valence-electron chi connectivity index (χ3n) is 5.64. The standard InChI is InChI=1S/C24H18N4OS2/c29-18(15-8-3-1-4-9-15)14-30-24-27-26-22-20-17-12-7-13-19(17)31-23(20)25-21(28(22)24)16-10-5-2-6-11-16/h1-6,8-11H,7,12-14H2. The Morgan fingerprint density at radius 2 is 1.77 bits per heavy atom. The van der Waals surface area contributed by atoms with Crippen LogP contribution >= 0.6 is 23.1 Å². The largest absolute Gasteiger partial charge is 0.293 e. The number of hydrogen-bond donors (Lipinski definition) is 0. The maximum Gasteiger partial charge on any atom is 0.197 e. The van der Waals surface area contributed by atoms with Gasteiger partial charge in [-0.3, -0.25) is 9.20 Å². The van der Waals surface area contributed by atoms with Crippen molar-refractivity contribution in [3.05, 3.63) is 76.7 Å². The van der Waals surface area contributed by atoms with Crippen LogP contribution in [0.1, 0.15) is 27.2 Å². The van der Waals surface area contributed by atoms with Crippen LogP contribution in [0.25, 0.3) is 27.3 Å². The van der Waals surface area contributed by atoms with Crippen molar-refractivity contribution in [3.63, 3.8) is 0 Å². The van der Waals surface area contributed by atoms with Crippen molar-refractivity contribution in [2.45, 2.75) is 24.4 Å². The van der Waals surface area contributed by atoms with Crippen molar-refractivity contribution in [3.8, 4) is 11.4 Å². The van der Waals surface area contributed by atoms with E-state index in [-0.39, 0.29) is 5.78 Å². The second-order valence-corrected chi connectivity index (χ2v) is 9.58. The minimum absolute atomic E-state index is 0.0778. The molecule has 3 aromatic heterocycles. The molecule has 0 spiro atoms. The normalized spacial score (nSPS) is 13.2. The van der Waals surface area contributed by atoms with Crippen LogP contribution in [-0.2, 0) is 12.8 Å². The molecule has 0 radical (unpaired) electrons. The van der Waals surface area contributed by atoms with Gasteiger partial charge < -0.3 is 0 Å². The number of carbonyl (C=O) groups excluding carboxylic acids is 1. The van der Waals surface area contributed by atoms with Gasteiger partial charge in [0, 0.05) is 16.0 Å². The van der Waals surface area contributed by atoms with Crippen molar-refractivity contribution in [2.24, 2.45) is 0 Å². The molecule has 6 rings (SSSR count). The Morgan fingerprint density at radius 3 is 2.58 bits per heavy atom. The van der Waals surface area contributed by atoms with Crippen LogP contribution in [0.4, 0.5) is 0 Å². The molecule has 152 valence electrons. The third-order valence-corrected chi connectivity index (χ3v) is 7.75. The van der Waals surface area contributed by atoms with Crippen LogP contribution in [0.3, 0.4) is 0 Å². The fourth-order valence-electron chi connectivity index (χ4n) is 4.18. The van der Waals surface area contributed by atoms with E-state index < -0.39 is 0 Å². The fourth-order valence-corrected chi connectivity index (χ4v) is 6.26. The molecule has 31 heavy (non-hydrogen) atoms. The molecular formula is C24H18N4OS2. The molecule has 5 aromatic rings. The van der Waals surface area contributed by atoms with E-state index in [1.165, 1.54) is 28.6 Å². The van der Waals surface area contributed by atoms with Crippen LogP contribution in [0.5, 0.6) is 0 Å². The van der Waals surface area contributed by atoms with Crippen molar-refractivity contribution in [2.75, 3.05) is 5.75 Å². The average Bonchev–Trinajstić information content (AvgIpc) is 3.52. The van der Waals surface area contributed by atoms with E-state index in [9.17, 15) is 4.79 Å².